The third-order valence-corrected chi connectivity index (χ3v) is 3.47. The van der Waals surface area contributed by atoms with Gasteiger partial charge in [0.25, 0.3) is 5.92 Å². The van der Waals surface area contributed by atoms with Crippen LogP contribution in [0.4, 0.5) is 8.78 Å². The SMILES string of the molecule is NCC1(CC2CC2(F)F)CCCOC1. The molecular weight excluding hydrogens is 188 g/mol. The molecule has 1 aliphatic carbocycles. The van der Waals surface area contributed by atoms with Crippen LogP contribution in [-0.2, 0) is 4.74 Å². The summed E-state index contributed by atoms with van der Waals surface area (Å²) in [6, 6.07) is 0. The number of halogens is 2. The topological polar surface area (TPSA) is 35.2 Å². The van der Waals surface area contributed by atoms with Gasteiger partial charge in [0, 0.05) is 30.9 Å². The second-order valence-electron chi connectivity index (χ2n) is 4.73. The van der Waals surface area contributed by atoms with Crippen molar-refractivity contribution >= 4 is 0 Å². The summed E-state index contributed by atoms with van der Waals surface area (Å²) in [6.45, 7) is 1.79. The smallest absolute Gasteiger partial charge is 0.251 e. The van der Waals surface area contributed by atoms with Crippen molar-refractivity contribution in [3.63, 3.8) is 0 Å². The summed E-state index contributed by atoms with van der Waals surface area (Å²) in [5, 5.41) is 0. The Morgan fingerprint density at radius 1 is 1.43 bits per heavy atom. The van der Waals surface area contributed by atoms with Crippen molar-refractivity contribution in [2.75, 3.05) is 19.8 Å². The lowest BCUT2D eigenvalue weighted by atomic mass is 9.78. The summed E-state index contributed by atoms with van der Waals surface area (Å²) in [4.78, 5) is 0. The molecule has 14 heavy (non-hydrogen) atoms. The second kappa shape index (κ2) is 3.42. The van der Waals surface area contributed by atoms with E-state index in [9.17, 15) is 8.78 Å². The average molecular weight is 205 g/mol. The third kappa shape index (κ3) is 1.91. The Labute approximate surface area is 82.8 Å². The molecule has 0 amide bonds. The Balaban J connectivity index is 1.92. The van der Waals surface area contributed by atoms with Gasteiger partial charge in [-0.2, -0.15) is 0 Å². The van der Waals surface area contributed by atoms with Gasteiger partial charge in [-0.05, 0) is 19.3 Å². The first kappa shape index (κ1) is 10.3. The largest absolute Gasteiger partial charge is 0.381 e. The van der Waals surface area contributed by atoms with Gasteiger partial charge in [0.1, 0.15) is 0 Å². The fourth-order valence-corrected chi connectivity index (χ4v) is 2.33. The summed E-state index contributed by atoms with van der Waals surface area (Å²) in [6.07, 6.45) is 2.48. The van der Waals surface area contributed by atoms with Crippen LogP contribution in [0.3, 0.4) is 0 Å². The van der Waals surface area contributed by atoms with Gasteiger partial charge in [0.15, 0.2) is 0 Å². The number of alkyl halides is 2. The van der Waals surface area contributed by atoms with Crippen molar-refractivity contribution in [2.45, 2.75) is 31.6 Å². The summed E-state index contributed by atoms with van der Waals surface area (Å²) in [7, 11) is 0. The first-order chi connectivity index (χ1) is 6.58. The molecule has 2 N–H and O–H groups in total. The molecule has 0 radical (unpaired) electrons. The maximum absolute atomic E-state index is 12.8. The molecule has 0 aromatic rings. The lowest BCUT2D eigenvalue weighted by molar-refractivity contribution is -0.0186. The molecule has 0 aromatic heterocycles. The van der Waals surface area contributed by atoms with E-state index >= 15 is 0 Å². The van der Waals surface area contributed by atoms with Gasteiger partial charge in [-0.1, -0.05) is 0 Å². The fraction of sp³-hybridized carbons (Fsp3) is 1.00. The maximum Gasteiger partial charge on any atom is 0.251 e. The number of ether oxygens (including phenoxy) is 1. The zero-order chi connectivity index (χ0) is 10.2. The van der Waals surface area contributed by atoms with Crippen LogP contribution in [0.2, 0.25) is 0 Å². The molecular formula is C10H17F2NO. The van der Waals surface area contributed by atoms with Crippen LogP contribution in [0, 0.1) is 11.3 Å². The molecule has 0 bridgehead atoms. The van der Waals surface area contributed by atoms with Gasteiger partial charge in [0.05, 0.1) is 6.61 Å². The maximum atomic E-state index is 12.8. The fourth-order valence-electron chi connectivity index (χ4n) is 2.33. The van der Waals surface area contributed by atoms with E-state index in [2.05, 4.69) is 0 Å². The number of hydrogen-bond acceptors (Lipinski definition) is 2. The lowest BCUT2D eigenvalue weighted by Gasteiger charge is -2.36. The summed E-state index contributed by atoms with van der Waals surface area (Å²) >= 11 is 0. The Morgan fingerprint density at radius 3 is 2.57 bits per heavy atom. The van der Waals surface area contributed by atoms with Crippen LogP contribution in [0.5, 0.6) is 0 Å². The average Bonchev–Trinajstić information content (AvgIpc) is 2.75. The molecule has 1 aliphatic heterocycles. The van der Waals surface area contributed by atoms with E-state index in [1.807, 2.05) is 0 Å². The van der Waals surface area contributed by atoms with Crippen molar-refractivity contribution in [1.82, 2.24) is 0 Å². The third-order valence-electron chi connectivity index (χ3n) is 3.47. The van der Waals surface area contributed by atoms with E-state index in [0.29, 0.717) is 19.6 Å². The molecule has 2 nitrogen and oxygen atoms in total. The minimum Gasteiger partial charge on any atom is -0.381 e. The molecule has 2 atom stereocenters. The Kier molecular flexibility index (Phi) is 2.52. The van der Waals surface area contributed by atoms with Gasteiger partial charge in [0.2, 0.25) is 0 Å². The molecule has 1 saturated heterocycles. The van der Waals surface area contributed by atoms with Gasteiger partial charge in [-0.3, -0.25) is 0 Å². The zero-order valence-electron chi connectivity index (χ0n) is 8.27. The molecule has 2 fully saturated rings. The summed E-state index contributed by atoms with van der Waals surface area (Å²) in [5.41, 5.74) is 5.51. The first-order valence-electron chi connectivity index (χ1n) is 5.24. The highest BCUT2D eigenvalue weighted by atomic mass is 19.3. The molecule has 0 spiro atoms. The lowest BCUT2D eigenvalue weighted by Crippen LogP contribution is -2.39. The van der Waals surface area contributed by atoms with Crippen molar-refractivity contribution in [1.29, 1.82) is 0 Å². The minimum absolute atomic E-state index is 0.0503. The normalized spacial score (nSPS) is 40.9. The van der Waals surface area contributed by atoms with Crippen LogP contribution in [0.15, 0.2) is 0 Å². The predicted octanol–water partition coefficient (Wildman–Crippen LogP) is 1.79. The number of rotatable bonds is 3. The Bertz CT molecular complexity index is 214. The standard InChI is InChI=1S/C10H17F2NO/c11-10(12)5-8(10)4-9(6-13)2-1-3-14-7-9/h8H,1-7,13H2. The van der Waals surface area contributed by atoms with E-state index in [1.54, 1.807) is 0 Å². The van der Waals surface area contributed by atoms with Crippen molar-refractivity contribution in [3.05, 3.63) is 0 Å². The zero-order valence-corrected chi connectivity index (χ0v) is 8.27. The quantitative estimate of drug-likeness (QED) is 0.762. The Morgan fingerprint density at radius 2 is 2.14 bits per heavy atom. The first-order valence-corrected chi connectivity index (χ1v) is 5.24. The molecule has 4 heteroatoms. The Hall–Kier alpha value is -0.220. The highest BCUT2D eigenvalue weighted by molar-refractivity contribution is 5.00. The van der Waals surface area contributed by atoms with Crippen LogP contribution < -0.4 is 5.73 Å². The summed E-state index contributed by atoms with van der Waals surface area (Å²) in [5.74, 6) is -2.85. The predicted molar refractivity (Wildman–Crippen MR) is 49.2 cm³/mol. The van der Waals surface area contributed by atoms with E-state index in [-0.39, 0.29) is 11.8 Å². The molecule has 2 unspecified atom stereocenters. The molecule has 82 valence electrons. The second-order valence-corrected chi connectivity index (χ2v) is 4.73. The monoisotopic (exact) mass is 205 g/mol. The number of hydrogen-bond donors (Lipinski definition) is 1. The van der Waals surface area contributed by atoms with Gasteiger partial charge in [-0.25, -0.2) is 8.78 Å². The van der Waals surface area contributed by atoms with Crippen molar-refractivity contribution < 1.29 is 13.5 Å². The van der Waals surface area contributed by atoms with Crippen molar-refractivity contribution in [3.8, 4) is 0 Å². The molecule has 2 rings (SSSR count). The van der Waals surface area contributed by atoms with E-state index in [4.69, 9.17) is 10.5 Å². The summed E-state index contributed by atoms with van der Waals surface area (Å²) < 4.78 is 30.9. The molecule has 1 saturated carbocycles. The van der Waals surface area contributed by atoms with Gasteiger partial charge in [-0.15, -0.1) is 0 Å². The highest BCUT2D eigenvalue weighted by Gasteiger charge is 2.58. The molecule has 2 aliphatic rings. The van der Waals surface area contributed by atoms with Crippen LogP contribution in [0.1, 0.15) is 25.7 Å². The van der Waals surface area contributed by atoms with E-state index in [0.717, 1.165) is 19.4 Å². The molecule has 0 aromatic carbocycles. The van der Waals surface area contributed by atoms with Crippen LogP contribution >= 0.6 is 0 Å². The van der Waals surface area contributed by atoms with E-state index in [1.165, 1.54) is 0 Å². The highest BCUT2D eigenvalue weighted by Crippen LogP contribution is 2.54. The van der Waals surface area contributed by atoms with Crippen LogP contribution in [-0.4, -0.2) is 25.7 Å². The molecule has 1 heterocycles. The van der Waals surface area contributed by atoms with Gasteiger partial charge >= 0.3 is 0 Å². The van der Waals surface area contributed by atoms with Crippen molar-refractivity contribution in [2.24, 2.45) is 17.1 Å². The number of nitrogens with two attached hydrogens (primary N) is 1. The van der Waals surface area contributed by atoms with Crippen LogP contribution in [0.25, 0.3) is 0 Å². The minimum atomic E-state index is -2.42. The van der Waals surface area contributed by atoms with Gasteiger partial charge < -0.3 is 10.5 Å². The van der Waals surface area contributed by atoms with E-state index < -0.39 is 11.8 Å².